The highest BCUT2D eigenvalue weighted by Gasteiger charge is 2.27. The number of anilines is 2. The van der Waals surface area contributed by atoms with Crippen LogP contribution in [0.25, 0.3) is 0 Å². The third-order valence-electron chi connectivity index (χ3n) is 3.68. The number of nitrogens with two attached hydrogens (primary N) is 2. The molecule has 0 radical (unpaired) electrons. The maximum absolute atomic E-state index is 11.5. The lowest BCUT2D eigenvalue weighted by Gasteiger charge is -2.42. The monoisotopic (exact) mass is 277 g/mol. The van der Waals surface area contributed by atoms with E-state index in [-0.39, 0.29) is 5.54 Å². The number of piperazine rings is 1. The van der Waals surface area contributed by atoms with Gasteiger partial charge in [-0.3, -0.25) is 9.69 Å². The molecule has 0 atom stereocenters. The molecular weight excluding hydrogens is 254 g/mol. The van der Waals surface area contributed by atoms with Crippen LogP contribution < -0.4 is 16.4 Å². The maximum Gasteiger partial charge on any atom is 0.252 e. The van der Waals surface area contributed by atoms with Crippen LogP contribution in [0.1, 0.15) is 31.1 Å². The van der Waals surface area contributed by atoms with Crippen molar-refractivity contribution in [2.45, 2.75) is 26.3 Å². The summed E-state index contributed by atoms with van der Waals surface area (Å²) in [5.41, 5.74) is 12.1. The molecule has 0 aliphatic carbocycles. The predicted molar refractivity (Wildman–Crippen MR) is 80.7 cm³/mol. The molecule has 1 fully saturated rings. The van der Waals surface area contributed by atoms with Crippen molar-refractivity contribution < 1.29 is 4.79 Å². The fraction of sp³-hybridized carbons (Fsp3) is 0.571. The minimum atomic E-state index is -0.488. The molecule has 20 heavy (non-hydrogen) atoms. The van der Waals surface area contributed by atoms with Gasteiger partial charge in [-0.05, 0) is 26.8 Å². The molecular formula is C14H23N5O. The zero-order valence-electron chi connectivity index (χ0n) is 12.4. The Morgan fingerprint density at radius 1 is 1.25 bits per heavy atom. The van der Waals surface area contributed by atoms with Gasteiger partial charge in [-0.15, -0.1) is 0 Å². The fourth-order valence-corrected chi connectivity index (χ4v) is 2.50. The van der Waals surface area contributed by atoms with Gasteiger partial charge in [-0.25, -0.2) is 4.98 Å². The minimum Gasteiger partial charge on any atom is -0.397 e. The molecule has 6 heteroatoms. The Labute approximate surface area is 119 Å². The Morgan fingerprint density at radius 3 is 2.35 bits per heavy atom. The summed E-state index contributed by atoms with van der Waals surface area (Å²) in [5.74, 6) is 0.151. The molecule has 0 bridgehead atoms. The Hall–Kier alpha value is -1.82. The van der Waals surface area contributed by atoms with E-state index in [9.17, 15) is 4.79 Å². The Balaban J connectivity index is 2.17. The number of amides is 1. The van der Waals surface area contributed by atoms with E-state index in [0.717, 1.165) is 26.2 Å². The Morgan fingerprint density at radius 2 is 1.85 bits per heavy atom. The molecule has 2 rings (SSSR count). The van der Waals surface area contributed by atoms with E-state index in [0.29, 0.717) is 17.1 Å². The second-order valence-electron chi connectivity index (χ2n) is 6.15. The van der Waals surface area contributed by atoms with Crippen molar-refractivity contribution in [3.8, 4) is 0 Å². The normalized spacial score (nSPS) is 17.2. The number of hydrogen-bond acceptors (Lipinski definition) is 5. The number of carbonyl (C=O) groups is 1. The molecule has 1 aromatic heterocycles. The van der Waals surface area contributed by atoms with E-state index in [1.807, 2.05) is 0 Å². The molecule has 6 nitrogen and oxygen atoms in total. The third kappa shape index (κ3) is 3.01. The highest BCUT2D eigenvalue weighted by molar-refractivity contribution is 5.98. The molecule has 2 heterocycles. The summed E-state index contributed by atoms with van der Waals surface area (Å²) in [7, 11) is 0. The number of hydrogen-bond donors (Lipinski definition) is 2. The van der Waals surface area contributed by atoms with Crippen LogP contribution in [0.5, 0.6) is 0 Å². The number of rotatable bonds is 2. The Kier molecular flexibility index (Phi) is 3.85. The highest BCUT2D eigenvalue weighted by atomic mass is 16.1. The first-order valence-electron chi connectivity index (χ1n) is 6.84. The van der Waals surface area contributed by atoms with Crippen molar-refractivity contribution in [1.82, 2.24) is 9.88 Å². The molecule has 1 amide bonds. The highest BCUT2D eigenvalue weighted by Crippen LogP contribution is 2.23. The quantitative estimate of drug-likeness (QED) is 0.830. The Bertz CT molecular complexity index is 501. The molecule has 110 valence electrons. The predicted octanol–water partition coefficient (Wildman–Crippen LogP) is 0.683. The standard InChI is InChI=1S/C14H23N5O/c1-14(2,3)19-6-4-18(5-7-19)13-11(12(16)20)8-10(15)9-17-13/h8-9H,4-7,15H2,1-3H3,(H2,16,20). The lowest BCUT2D eigenvalue weighted by molar-refractivity contribution is 0.0999. The number of nitrogens with zero attached hydrogens (tertiary/aromatic N) is 3. The van der Waals surface area contributed by atoms with Gasteiger partial charge in [-0.2, -0.15) is 0 Å². The van der Waals surface area contributed by atoms with Crippen LogP contribution >= 0.6 is 0 Å². The second kappa shape index (κ2) is 5.28. The van der Waals surface area contributed by atoms with E-state index in [1.165, 1.54) is 0 Å². The molecule has 1 saturated heterocycles. The lowest BCUT2D eigenvalue weighted by atomic mass is 10.0. The van der Waals surface area contributed by atoms with Crippen molar-refractivity contribution >= 4 is 17.4 Å². The van der Waals surface area contributed by atoms with E-state index in [2.05, 4.69) is 35.6 Å². The first kappa shape index (κ1) is 14.6. The van der Waals surface area contributed by atoms with E-state index in [1.54, 1.807) is 12.3 Å². The summed E-state index contributed by atoms with van der Waals surface area (Å²) in [6.45, 7) is 10.2. The zero-order chi connectivity index (χ0) is 14.9. The molecule has 1 aliphatic heterocycles. The van der Waals surface area contributed by atoms with Gasteiger partial charge < -0.3 is 16.4 Å². The van der Waals surface area contributed by atoms with Crippen LogP contribution in [0.4, 0.5) is 11.5 Å². The van der Waals surface area contributed by atoms with Crippen molar-refractivity contribution in [3.05, 3.63) is 17.8 Å². The topological polar surface area (TPSA) is 88.5 Å². The first-order chi connectivity index (χ1) is 9.29. The van der Waals surface area contributed by atoms with E-state index < -0.39 is 5.91 Å². The van der Waals surface area contributed by atoms with Gasteiger partial charge in [0.15, 0.2) is 0 Å². The van der Waals surface area contributed by atoms with Gasteiger partial charge in [0.1, 0.15) is 5.82 Å². The SMILES string of the molecule is CC(C)(C)N1CCN(c2ncc(N)cc2C(N)=O)CC1. The summed E-state index contributed by atoms with van der Waals surface area (Å²) >= 11 is 0. The van der Waals surface area contributed by atoms with Crippen molar-refractivity contribution in [2.75, 3.05) is 36.8 Å². The molecule has 0 aromatic carbocycles. The smallest absolute Gasteiger partial charge is 0.252 e. The van der Waals surface area contributed by atoms with Crippen LogP contribution in [0, 0.1) is 0 Å². The summed E-state index contributed by atoms with van der Waals surface area (Å²) in [5, 5.41) is 0. The fourth-order valence-electron chi connectivity index (χ4n) is 2.50. The number of carbonyl (C=O) groups excluding carboxylic acids is 1. The second-order valence-corrected chi connectivity index (χ2v) is 6.15. The van der Waals surface area contributed by atoms with Crippen LogP contribution in [0.2, 0.25) is 0 Å². The molecule has 1 aliphatic rings. The number of aromatic nitrogens is 1. The molecule has 0 unspecified atom stereocenters. The first-order valence-corrected chi connectivity index (χ1v) is 6.84. The van der Waals surface area contributed by atoms with E-state index >= 15 is 0 Å². The molecule has 0 saturated carbocycles. The number of nitrogen functional groups attached to an aromatic ring is 1. The van der Waals surface area contributed by atoms with Crippen LogP contribution in [-0.4, -0.2) is 47.5 Å². The van der Waals surface area contributed by atoms with Crippen LogP contribution in [0.15, 0.2) is 12.3 Å². The van der Waals surface area contributed by atoms with Crippen molar-refractivity contribution in [2.24, 2.45) is 5.73 Å². The largest absolute Gasteiger partial charge is 0.397 e. The average Bonchev–Trinajstić information content (AvgIpc) is 2.37. The zero-order valence-corrected chi connectivity index (χ0v) is 12.4. The minimum absolute atomic E-state index is 0.160. The molecule has 1 aromatic rings. The van der Waals surface area contributed by atoms with Gasteiger partial charge in [0, 0.05) is 31.7 Å². The summed E-state index contributed by atoms with van der Waals surface area (Å²) < 4.78 is 0. The van der Waals surface area contributed by atoms with Crippen LogP contribution in [-0.2, 0) is 0 Å². The maximum atomic E-state index is 11.5. The average molecular weight is 277 g/mol. The van der Waals surface area contributed by atoms with Gasteiger partial charge in [0.25, 0.3) is 5.91 Å². The third-order valence-corrected chi connectivity index (χ3v) is 3.68. The molecule has 0 spiro atoms. The number of pyridine rings is 1. The van der Waals surface area contributed by atoms with Gasteiger partial charge in [0.2, 0.25) is 0 Å². The summed E-state index contributed by atoms with van der Waals surface area (Å²) in [6, 6.07) is 1.60. The summed E-state index contributed by atoms with van der Waals surface area (Å²) in [6.07, 6.45) is 1.57. The van der Waals surface area contributed by atoms with Crippen molar-refractivity contribution in [3.63, 3.8) is 0 Å². The molecule has 4 N–H and O–H groups in total. The van der Waals surface area contributed by atoms with Gasteiger partial charge in [-0.1, -0.05) is 0 Å². The van der Waals surface area contributed by atoms with Gasteiger partial charge in [0.05, 0.1) is 17.4 Å². The van der Waals surface area contributed by atoms with Crippen LogP contribution in [0.3, 0.4) is 0 Å². The lowest BCUT2D eigenvalue weighted by Crippen LogP contribution is -2.53. The van der Waals surface area contributed by atoms with E-state index in [4.69, 9.17) is 11.5 Å². The number of primary amides is 1. The van der Waals surface area contributed by atoms with Crippen molar-refractivity contribution in [1.29, 1.82) is 0 Å². The summed E-state index contributed by atoms with van der Waals surface area (Å²) in [4.78, 5) is 20.3. The van der Waals surface area contributed by atoms with Gasteiger partial charge >= 0.3 is 0 Å².